The molecule has 3 nitrogen and oxygen atoms in total. The highest BCUT2D eigenvalue weighted by atomic mass is 32.1. The summed E-state index contributed by atoms with van der Waals surface area (Å²) < 4.78 is 7.54. The van der Waals surface area contributed by atoms with E-state index in [4.69, 9.17) is 24.4 Å². The summed E-state index contributed by atoms with van der Waals surface area (Å²) in [6, 6.07) is 0. The molecule has 0 aliphatic heterocycles. The normalized spacial score (nSPS) is 10.4. The van der Waals surface area contributed by atoms with E-state index >= 15 is 0 Å². The lowest BCUT2D eigenvalue weighted by Gasteiger charge is -2.00. The quantitative estimate of drug-likeness (QED) is 0.488. The maximum absolute atomic E-state index is 5.17. The maximum Gasteiger partial charge on any atom is 0.377 e. The molecule has 0 bridgehead atoms. The van der Waals surface area contributed by atoms with Gasteiger partial charge in [0.15, 0.2) is 9.54 Å². The first kappa shape index (κ1) is 9.20. The van der Waals surface area contributed by atoms with Crippen molar-refractivity contribution >= 4 is 40.9 Å². The standard InChI is InChI=1S/C5H9N3S2.Al.2H/c1-3-8-5(10)6-4(9)7(8)2;;;/h3H2,1-2H3,(H,6,9,10);;;/q;+1;;/p-1. The van der Waals surface area contributed by atoms with Gasteiger partial charge in [0.25, 0.3) is 0 Å². The summed E-state index contributed by atoms with van der Waals surface area (Å²) in [6.45, 7) is 2.94. The van der Waals surface area contributed by atoms with Crippen LogP contribution in [0.1, 0.15) is 6.92 Å². The van der Waals surface area contributed by atoms with Gasteiger partial charge in [0.2, 0.25) is 0 Å². The van der Waals surface area contributed by atoms with Crippen LogP contribution in [0.3, 0.4) is 0 Å². The molecule has 0 fully saturated rings. The molecule has 0 radical (unpaired) electrons. The van der Waals surface area contributed by atoms with Crippen LogP contribution in [0.5, 0.6) is 0 Å². The molecule has 0 unspecified atom stereocenters. The average molecular weight is 203 g/mol. The minimum absolute atomic E-state index is 0.823. The third-order valence-electron chi connectivity index (χ3n) is 1.73. The van der Waals surface area contributed by atoms with Gasteiger partial charge >= 0.3 is 16.5 Å². The molecule has 1 heterocycles. The average Bonchev–Trinajstić information content (AvgIpc) is 2.17. The highest BCUT2D eigenvalue weighted by Crippen LogP contribution is 1.96. The Morgan fingerprint density at radius 2 is 1.91 bits per heavy atom. The monoisotopic (exact) mass is 203 g/mol. The summed E-state index contributed by atoms with van der Waals surface area (Å²) in [5.74, 6) is 0. The summed E-state index contributed by atoms with van der Waals surface area (Å²) in [4.78, 5) is 0. The van der Waals surface area contributed by atoms with Gasteiger partial charge in [-0.2, -0.15) is 0 Å². The molecule has 0 spiro atoms. The molecular weight excluding hydrogens is 193 g/mol. The van der Waals surface area contributed by atoms with Crippen LogP contribution < -0.4 is 0 Å². The van der Waals surface area contributed by atoms with Crippen molar-refractivity contribution in [2.45, 2.75) is 13.5 Å². The topological polar surface area (TPSA) is 14.8 Å². The van der Waals surface area contributed by atoms with E-state index in [0.717, 1.165) is 32.6 Å². The number of hydrogen-bond donors (Lipinski definition) is 0. The second-order valence-corrected chi connectivity index (χ2v) is 3.99. The van der Waals surface area contributed by atoms with E-state index in [9.17, 15) is 0 Å². The first-order valence-corrected chi connectivity index (χ1v) is 5.13. The molecule has 1 rings (SSSR count). The van der Waals surface area contributed by atoms with Crippen molar-refractivity contribution in [1.29, 1.82) is 0 Å². The van der Waals surface area contributed by atoms with Gasteiger partial charge < -0.3 is 3.55 Å². The molecule has 0 saturated heterocycles. The van der Waals surface area contributed by atoms with Crippen LogP contribution in [-0.2, 0) is 13.6 Å². The molecule has 0 amide bonds. The highest BCUT2D eigenvalue weighted by Gasteiger charge is 1.99. The smallest absolute Gasteiger partial charge is 0.377 e. The van der Waals surface area contributed by atoms with Crippen molar-refractivity contribution in [2.24, 2.45) is 7.05 Å². The van der Waals surface area contributed by atoms with Crippen LogP contribution in [0.15, 0.2) is 0 Å². The zero-order valence-electron chi connectivity index (χ0n) is 6.87. The van der Waals surface area contributed by atoms with Crippen LogP contribution in [-0.4, -0.2) is 29.4 Å². The summed E-state index contributed by atoms with van der Waals surface area (Å²) >= 11 is 11.2. The predicted octanol–water partition coefficient (Wildman–Crippen LogP) is 0.503. The van der Waals surface area contributed by atoms with E-state index in [0.29, 0.717) is 0 Å². The molecule has 1 aromatic rings. The van der Waals surface area contributed by atoms with Gasteiger partial charge in [-0.1, -0.05) is 0 Å². The molecule has 11 heavy (non-hydrogen) atoms. The van der Waals surface area contributed by atoms with E-state index in [-0.39, 0.29) is 0 Å². The highest BCUT2D eigenvalue weighted by molar-refractivity contribution is 7.72. The number of nitrogens with zero attached hydrogens (tertiary/aromatic N) is 3. The second-order valence-electron chi connectivity index (χ2n) is 2.36. The summed E-state index contributed by atoms with van der Waals surface area (Å²) in [5.41, 5.74) is 0. The van der Waals surface area contributed by atoms with Crippen LogP contribution in [0, 0.1) is 9.54 Å². The molecule has 0 saturated carbocycles. The van der Waals surface area contributed by atoms with Crippen LogP contribution in [0.25, 0.3) is 0 Å². The first-order chi connectivity index (χ1) is 5.09. The molecule has 60 valence electrons. The van der Waals surface area contributed by atoms with Gasteiger partial charge in [-0.3, -0.25) is 9.36 Å². The minimum atomic E-state index is 0.823. The molecule has 6 heteroatoms. The van der Waals surface area contributed by atoms with Crippen LogP contribution in [0.4, 0.5) is 0 Å². The van der Waals surface area contributed by atoms with Crippen molar-refractivity contribution in [3.05, 3.63) is 9.54 Å². The van der Waals surface area contributed by atoms with E-state index in [1.165, 1.54) is 0 Å². The summed E-state index contributed by atoms with van der Waals surface area (Å²) in [5, 5.41) is 0. The lowest BCUT2D eigenvalue weighted by atomic mass is 10.8. The maximum atomic E-state index is 5.17. The Morgan fingerprint density at radius 1 is 1.36 bits per heavy atom. The van der Waals surface area contributed by atoms with E-state index < -0.39 is 0 Å². The van der Waals surface area contributed by atoms with Gasteiger partial charge in [0.1, 0.15) is 0 Å². The fourth-order valence-corrected chi connectivity index (χ4v) is 2.15. The predicted molar refractivity (Wildman–Crippen MR) is 52.7 cm³/mol. The van der Waals surface area contributed by atoms with Crippen molar-refractivity contribution in [3.63, 3.8) is 0 Å². The Bertz CT molecular complexity index is 372. The van der Waals surface area contributed by atoms with Crippen molar-refractivity contribution in [3.8, 4) is 0 Å². The summed E-state index contributed by atoms with van der Waals surface area (Å²) in [6.07, 6.45) is 0. The lowest BCUT2D eigenvalue weighted by molar-refractivity contribution is 0.524. The number of rotatable bonds is 1. The first-order valence-electron chi connectivity index (χ1n) is 3.42. The SMILES string of the molecule is CCn1c(=S)[n]([AlH2])c(=S)n1C. The van der Waals surface area contributed by atoms with Gasteiger partial charge in [0.05, 0.1) is 0 Å². The Balaban J connectivity index is 3.62. The molecular formula is C5H10AlN3S2. The third-order valence-corrected chi connectivity index (χ3v) is 4.25. The zero-order chi connectivity index (χ0) is 8.59. The number of aromatic nitrogens is 3. The van der Waals surface area contributed by atoms with E-state index in [1.54, 1.807) is 0 Å². The van der Waals surface area contributed by atoms with Gasteiger partial charge in [-0.15, -0.1) is 0 Å². The third kappa shape index (κ3) is 1.36. The molecule has 0 aliphatic carbocycles. The van der Waals surface area contributed by atoms with Crippen LogP contribution >= 0.6 is 24.4 Å². The number of hydrogen-bond acceptors (Lipinski definition) is 2. The molecule has 0 aromatic carbocycles. The van der Waals surface area contributed by atoms with Crippen molar-refractivity contribution in [1.82, 2.24) is 12.9 Å². The molecule has 0 N–H and O–H groups in total. The van der Waals surface area contributed by atoms with Gasteiger partial charge in [-0.25, -0.2) is 0 Å². The van der Waals surface area contributed by atoms with E-state index in [1.807, 2.05) is 20.0 Å². The van der Waals surface area contributed by atoms with Crippen molar-refractivity contribution < 1.29 is 0 Å². The fourth-order valence-electron chi connectivity index (χ4n) is 1.05. The minimum Gasteiger partial charge on any atom is -0.395 e. The lowest BCUT2D eigenvalue weighted by Crippen LogP contribution is -2.06. The molecule has 1 aromatic heterocycles. The Hall–Kier alpha value is 0.112. The fraction of sp³-hybridized carbons (Fsp3) is 0.600. The van der Waals surface area contributed by atoms with Gasteiger partial charge in [0, 0.05) is 13.6 Å². The van der Waals surface area contributed by atoms with Gasteiger partial charge in [-0.05, 0) is 31.4 Å². The molecule has 0 aliphatic rings. The Labute approximate surface area is 83.9 Å². The van der Waals surface area contributed by atoms with Crippen LogP contribution in [0.2, 0.25) is 0 Å². The largest absolute Gasteiger partial charge is 0.395 e. The second kappa shape index (κ2) is 3.23. The Kier molecular flexibility index (Phi) is 2.71. The molecule has 0 atom stereocenters. The van der Waals surface area contributed by atoms with E-state index in [2.05, 4.69) is 6.92 Å². The Morgan fingerprint density at radius 3 is 2.09 bits per heavy atom. The van der Waals surface area contributed by atoms with Crippen molar-refractivity contribution in [2.75, 3.05) is 0 Å². The summed E-state index contributed by atoms with van der Waals surface area (Å²) in [7, 11) is 1.94. The zero-order valence-corrected chi connectivity index (χ0v) is 10.5.